The van der Waals surface area contributed by atoms with Gasteiger partial charge in [-0.3, -0.25) is 13.7 Å². The maximum absolute atomic E-state index is 12.8. The predicted octanol–water partition coefficient (Wildman–Crippen LogP) is 3.26. The fraction of sp³-hybridized carbons (Fsp3) is 0.280. The largest absolute Gasteiger partial charge is 0.352 e. The second-order valence-corrected chi connectivity index (χ2v) is 11.7. The lowest BCUT2D eigenvalue weighted by molar-refractivity contribution is -0.0477. The summed E-state index contributed by atoms with van der Waals surface area (Å²) >= 11 is 0. The topological polar surface area (TPSA) is 108 Å². The zero-order valence-electron chi connectivity index (χ0n) is 19.4. The Labute approximate surface area is 206 Å². The molecule has 2 unspecified atom stereocenters. The van der Waals surface area contributed by atoms with E-state index in [1.165, 1.54) is 24.3 Å². The van der Waals surface area contributed by atoms with Crippen LogP contribution in [0.15, 0.2) is 88.7 Å². The maximum Gasteiger partial charge on any atom is 0.297 e. The van der Waals surface area contributed by atoms with Gasteiger partial charge in [-0.25, -0.2) is 0 Å². The Kier molecular flexibility index (Phi) is 7.41. The lowest BCUT2D eigenvalue weighted by Crippen LogP contribution is -2.47. The van der Waals surface area contributed by atoms with Crippen molar-refractivity contribution in [2.75, 3.05) is 19.8 Å². The fourth-order valence-electron chi connectivity index (χ4n) is 3.66. The molecule has 0 aromatic heterocycles. The van der Waals surface area contributed by atoms with Gasteiger partial charge in [0.25, 0.3) is 20.2 Å². The van der Waals surface area contributed by atoms with Gasteiger partial charge < -0.3 is 4.74 Å². The highest BCUT2D eigenvalue weighted by atomic mass is 32.2. The van der Waals surface area contributed by atoms with Crippen LogP contribution in [-0.4, -0.2) is 42.7 Å². The first-order chi connectivity index (χ1) is 16.6. The van der Waals surface area contributed by atoms with E-state index in [9.17, 15) is 16.8 Å². The van der Waals surface area contributed by atoms with Gasteiger partial charge in [-0.1, -0.05) is 65.7 Å². The van der Waals surface area contributed by atoms with E-state index in [4.69, 9.17) is 13.1 Å². The van der Waals surface area contributed by atoms with Gasteiger partial charge in [0.1, 0.15) is 6.61 Å². The minimum absolute atomic E-state index is 0.0355. The highest BCUT2D eigenvalue weighted by Crippen LogP contribution is 2.31. The van der Waals surface area contributed by atoms with Gasteiger partial charge in [-0.2, -0.15) is 16.8 Å². The first-order valence-corrected chi connectivity index (χ1v) is 13.8. The Morgan fingerprint density at radius 2 is 1.31 bits per heavy atom. The SMILES string of the molecule is Cc1ccc(S(=O)(=O)OCC2COC(COS(=O)(=O)c3ccc(C)cc3)(c3ccccc3)N2)cc1. The van der Waals surface area contributed by atoms with Gasteiger partial charge in [-0.05, 0) is 38.1 Å². The molecule has 0 aliphatic carbocycles. The summed E-state index contributed by atoms with van der Waals surface area (Å²) in [5.41, 5.74) is 1.20. The van der Waals surface area contributed by atoms with Crippen molar-refractivity contribution < 1.29 is 29.9 Å². The van der Waals surface area contributed by atoms with E-state index >= 15 is 0 Å². The molecule has 1 N–H and O–H groups in total. The number of benzene rings is 3. The molecule has 0 saturated carbocycles. The molecule has 1 saturated heterocycles. The molecule has 1 heterocycles. The molecule has 3 aromatic rings. The standard InChI is InChI=1S/C25H27NO7S2/c1-19-8-12-23(13-9-19)34(27,28)32-17-22-16-31-25(26-22,21-6-4-3-5-7-21)18-33-35(29,30)24-14-10-20(2)11-15-24/h3-15,22,26H,16-18H2,1-2H3. The van der Waals surface area contributed by atoms with Crippen molar-refractivity contribution in [3.05, 3.63) is 95.6 Å². The highest BCUT2D eigenvalue weighted by Gasteiger charge is 2.43. The molecule has 0 amide bonds. The lowest BCUT2D eigenvalue weighted by atomic mass is 10.0. The van der Waals surface area contributed by atoms with E-state index in [2.05, 4.69) is 5.32 Å². The van der Waals surface area contributed by atoms with Gasteiger partial charge in [0.2, 0.25) is 0 Å². The Bertz CT molecular complexity index is 1360. The lowest BCUT2D eigenvalue weighted by Gasteiger charge is -2.29. The summed E-state index contributed by atoms with van der Waals surface area (Å²) in [7, 11) is -8.01. The van der Waals surface area contributed by atoms with Gasteiger partial charge in [0.15, 0.2) is 5.72 Å². The predicted molar refractivity (Wildman–Crippen MR) is 130 cm³/mol. The van der Waals surface area contributed by atoms with Crippen LogP contribution in [0.2, 0.25) is 0 Å². The molecule has 0 radical (unpaired) electrons. The van der Waals surface area contributed by atoms with Gasteiger partial charge >= 0.3 is 0 Å². The third kappa shape index (κ3) is 5.97. The second-order valence-electron chi connectivity index (χ2n) is 8.43. The molecule has 0 spiro atoms. The van der Waals surface area contributed by atoms with Crippen LogP contribution < -0.4 is 5.32 Å². The Morgan fingerprint density at radius 3 is 1.86 bits per heavy atom. The summed E-state index contributed by atoms with van der Waals surface area (Å²) in [6.45, 7) is 3.26. The average Bonchev–Trinajstić information content (AvgIpc) is 3.28. The molecule has 1 aliphatic heterocycles. The highest BCUT2D eigenvalue weighted by molar-refractivity contribution is 7.87. The minimum Gasteiger partial charge on any atom is -0.352 e. The molecule has 0 bridgehead atoms. The molecule has 2 atom stereocenters. The Morgan fingerprint density at radius 1 is 0.800 bits per heavy atom. The number of hydrogen-bond acceptors (Lipinski definition) is 8. The number of aryl methyl sites for hydroxylation is 2. The molecule has 1 fully saturated rings. The molecule has 10 heteroatoms. The Balaban J connectivity index is 1.49. The van der Waals surface area contributed by atoms with E-state index < -0.39 is 32.0 Å². The van der Waals surface area contributed by atoms with Gasteiger partial charge in [0.05, 0.1) is 29.0 Å². The minimum atomic E-state index is -4.05. The van der Waals surface area contributed by atoms with Crippen molar-refractivity contribution in [1.82, 2.24) is 5.32 Å². The number of rotatable bonds is 9. The molecule has 3 aromatic carbocycles. The zero-order valence-corrected chi connectivity index (χ0v) is 21.0. The van der Waals surface area contributed by atoms with Crippen LogP contribution in [-0.2, 0) is 39.1 Å². The van der Waals surface area contributed by atoms with E-state index in [-0.39, 0.29) is 29.6 Å². The molecule has 1 aliphatic rings. The van der Waals surface area contributed by atoms with Crippen molar-refractivity contribution in [2.45, 2.75) is 35.4 Å². The molecular formula is C25H27NO7S2. The van der Waals surface area contributed by atoms with Crippen LogP contribution in [0.25, 0.3) is 0 Å². The van der Waals surface area contributed by atoms with Crippen molar-refractivity contribution in [2.24, 2.45) is 0 Å². The number of ether oxygens (including phenoxy) is 1. The molecule has 8 nitrogen and oxygen atoms in total. The summed E-state index contributed by atoms with van der Waals surface area (Å²) in [4.78, 5) is 0.0947. The van der Waals surface area contributed by atoms with Crippen molar-refractivity contribution in [3.63, 3.8) is 0 Å². The fourth-order valence-corrected chi connectivity index (χ4v) is 5.54. The number of hydrogen-bond donors (Lipinski definition) is 1. The van der Waals surface area contributed by atoms with E-state index in [1.807, 2.05) is 19.9 Å². The molecular weight excluding hydrogens is 490 g/mol. The van der Waals surface area contributed by atoms with E-state index in [0.717, 1.165) is 11.1 Å². The molecule has 186 valence electrons. The summed E-state index contributed by atoms with van der Waals surface area (Å²) in [6.07, 6.45) is 0. The van der Waals surface area contributed by atoms with Crippen molar-refractivity contribution in [1.29, 1.82) is 0 Å². The monoisotopic (exact) mass is 517 g/mol. The average molecular weight is 518 g/mol. The van der Waals surface area contributed by atoms with Crippen LogP contribution in [0.1, 0.15) is 16.7 Å². The summed E-state index contributed by atoms with van der Waals surface area (Å²) in [6, 6.07) is 21.1. The maximum atomic E-state index is 12.8. The molecule has 4 rings (SSSR count). The van der Waals surface area contributed by atoms with Gasteiger partial charge in [-0.15, -0.1) is 0 Å². The Hall–Kier alpha value is -2.60. The van der Waals surface area contributed by atoms with E-state index in [0.29, 0.717) is 5.56 Å². The summed E-state index contributed by atoms with van der Waals surface area (Å²) in [5.74, 6) is 0. The summed E-state index contributed by atoms with van der Waals surface area (Å²) < 4.78 is 67.4. The number of nitrogens with one attached hydrogen (secondary N) is 1. The third-order valence-corrected chi connectivity index (χ3v) is 8.24. The van der Waals surface area contributed by atoms with E-state index in [1.54, 1.807) is 48.5 Å². The van der Waals surface area contributed by atoms with Crippen LogP contribution in [0.5, 0.6) is 0 Å². The van der Waals surface area contributed by atoms with Crippen molar-refractivity contribution in [3.8, 4) is 0 Å². The quantitative estimate of drug-likeness (QED) is 0.431. The van der Waals surface area contributed by atoms with Crippen molar-refractivity contribution >= 4 is 20.2 Å². The second kappa shape index (κ2) is 10.2. The van der Waals surface area contributed by atoms with Crippen LogP contribution in [0.4, 0.5) is 0 Å². The normalized spacial score (nSPS) is 20.7. The smallest absolute Gasteiger partial charge is 0.297 e. The zero-order chi connectivity index (χ0) is 25.1. The molecule has 35 heavy (non-hydrogen) atoms. The van der Waals surface area contributed by atoms with Gasteiger partial charge in [0, 0.05) is 5.56 Å². The first kappa shape index (κ1) is 25.5. The third-order valence-electron chi connectivity index (χ3n) is 5.67. The first-order valence-electron chi connectivity index (χ1n) is 11.0. The van der Waals surface area contributed by atoms with Crippen LogP contribution in [0.3, 0.4) is 0 Å². The summed E-state index contributed by atoms with van der Waals surface area (Å²) in [5, 5.41) is 3.19. The van der Waals surface area contributed by atoms with Crippen LogP contribution in [0, 0.1) is 13.8 Å². The van der Waals surface area contributed by atoms with Crippen LogP contribution >= 0.6 is 0 Å².